The number of hydrogen-bond donors (Lipinski definition) is 1. The van der Waals surface area contributed by atoms with Crippen LogP contribution in [0.15, 0.2) is 0 Å². The van der Waals surface area contributed by atoms with Crippen LogP contribution >= 0.6 is 0 Å². The van der Waals surface area contributed by atoms with Crippen LogP contribution in [0.5, 0.6) is 0 Å². The van der Waals surface area contributed by atoms with Gasteiger partial charge in [0, 0.05) is 6.04 Å². The highest BCUT2D eigenvalue weighted by Gasteiger charge is 2.17. The van der Waals surface area contributed by atoms with Crippen LogP contribution in [0.25, 0.3) is 0 Å². The third-order valence-electron chi connectivity index (χ3n) is 1.43. The molecule has 5 nitrogen and oxygen atoms in total. The maximum absolute atomic E-state index is 10.8. The Hall–Kier alpha value is -1.26. The normalized spacial score (nSPS) is 9.67. The minimum Gasteiger partial charge on any atom is -0.468 e. The van der Waals surface area contributed by atoms with Crippen LogP contribution in [-0.2, 0) is 9.53 Å². The van der Waals surface area contributed by atoms with Gasteiger partial charge in [-0.15, -0.1) is 0 Å². The molecule has 0 aliphatic carbocycles. The van der Waals surface area contributed by atoms with Gasteiger partial charge in [0.15, 0.2) is 0 Å². The average Bonchev–Trinajstić information content (AvgIpc) is 1.98. The van der Waals surface area contributed by atoms with Gasteiger partial charge >= 0.3 is 12.0 Å². The monoisotopic (exact) mass is 174 g/mol. The summed E-state index contributed by atoms with van der Waals surface area (Å²) in [6.45, 7) is 3.45. The second-order valence-corrected chi connectivity index (χ2v) is 2.64. The van der Waals surface area contributed by atoms with Gasteiger partial charge in [-0.25, -0.2) is 4.79 Å². The van der Waals surface area contributed by atoms with E-state index in [-0.39, 0.29) is 12.6 Å². The summed E-state index contributed by atoms with van der Waals surface area (Å²) in [5.41, 5.74) is 5.02. The summed E-state index contributed by atoms with van der Waals surface area (Å²) < 4.78 is 4.39. The standard InChI is InChI=1S/C7H14N2O3/c1-5(2)9(7(8)11)4-6(10)12-3/h5H,4H2,1-3H3,(H2,8,11). The second kappa shape index (κ2) is 4.58. The summed E-state index contributed by atoms with van der Waals surface area (Å²) in [6.07, 6.45) is 0. The Kier molecular flexibility index (Phi) is 4.10. The number of rotatable bonds is 3. The number of methoxy groups -OCH3 is 1. The molecule has 12 heavy (non-hydrogen) atoms. The van der Waals surface area contributed by atoms with Crippen molar-refractivity contribution in [2.24, 2.45) is 5.73 Å². The quantitative estimate of drug-likeness (QED) is 0.609. The number of primary amides is 1. The highest BCUT2D eigenvalue weighted by molar-refractivity contribution is 5.80. The average molecular weight is 174 g/mol. The van der Waals surface area contributed by atoms with Gasteiger partial charge in [0.25, 0.3) is 0 Å². The van der Waals surface area contributed by atoms with Crippen molar-refractivity contribution in [3.8, 4) is 0 Å². The van der Waals surface area contributed by atoms with E-state index in [0.29, 0.717) is 0 Å². The lowest BCUT2D eigenvalue weighted by Crippen LogP contribution is -2.44. The summed E-state index contributed by atoms with van der Waals surface area (Å²) in [4.78, 5) is 22.7. The zero-order valence-corrected chi connectivity index (χ0v) is 7.53. The van der Waals surface area contributed by atoms with E-state index in [1.165, 1.54) is 12.0 Å². The largest absolute Gasteiger partial charge is 0.468 e. The first-order valence-corrected chi connectivity index (χ1v) is 3.62. The first-order chi connectivity index (χ1) is 5.49. The van der Waals surface area contributed by atoms with Gasteiger partial charge in [-0.05, 0) is 13.8 Å². The Labute approximate surface area is 71.5 Å². The maximum Gasteiger partial charge on any atom is 0.325 e. The van der Waals surface area contributed by atoms with Gasteiger partial charge in [-0.1, -0.05) is 0 Å². The number of amides is 2. The predicted molar refractivity (Wildman–Crippen MR) is 43.4 cm³/mol. The van der Waals surface area contributed by atoms with Gasteiger partial charge in [0.05, 0.1) is 7.11 Å². The Morgan fingerprint density at radius 1 is 1.50 bits per heavy atom. The molecule has 0 fully saturated rings. The summed E-state index contributed by atoms with van der Waals surface area (Å²) in [5.74, 6) is -0.470. The van der Waals surface area contributed by atoms with Crippen molar-refractivity contribution in [2.75, 3.05) is 13.7 Å². The van der Waals surface area contributed by atoms with E-state index < -0.39 is 12.0 Å². The van der Waals surface area contributed by atoms with Gasteiger partial charge in [-0.3, -0.25) is 4.79 Å². The highest BCUT2D eigenvalue weighted by Crippen LogP contribution is 1.97. The Bertz CT molecular complexity index is 179. The van der Waals surface area contributed by atoms with E-state index in [4.69, 9.17) is 5.73 Å². The lowest BCUT2D eigenvalue weighted by molar-refractivity contribution is -0.141. The number of carbonyl (C=O) groups is 2. The van der Waals surface area contributed by atoms with Crippen molar-refractivity contribution < 1.29 is 14.3 Å². The molecule has 0 aromatic carbocycles. The maximum atomic E-state index is 10.8. The molecule has 0 heterocycles. The number of carbonyl (C=O) groups excluding carboxylic acids is 2. The molecule has 0 aliphatic rings. The van der Waals surface area contributed by atoms with Crippen molar-refractivity contribution in [2.45, 2.75) is 19.9 Å². The predicted octanol–water partition coefficient (Wildman–Crippen LogP) is -0.0515. The van der Waals surface area contributed by atoms with E-state index in [9.17, 15) is 9.59 Å². The molecule has 0 saturated heterocycles. The number of urea groups is 1. The molecule has 0 radical (unpaired) electrons. The Morgan fingerprint density at radius 2 is 2.00 bits per heavy atom. The van der Waals surface area contributed by atoms with E-state index in [1.807, 2.05) is 0 Å². The van der Waals surface area contributed by atoms with Crippen LogP contribution in [0.3, 0.4) is 0 Å². The van der Waals surface area contributed by atoms with E-state index >= 15 is 0 Å². The van der Waals surface area contributed by atoms with Gasteiger partial charge in [-0.2, -0.15) is 0 Å². The molecule has 2 N–H and O–H groups in total. The van der Waals surface area contributed by atoms with E-state index in [1.54, 1.807) is 13.8 Å². The minimum atomic E-state index is -0.615. The van der Waals surface area contributed by atoms with Crippen molar-refractivity contribution in [3.63, 3.8) is 0 Å². The summed E-state index contributed by atoms with van der Waals surface area (Å²) in [7, 11) is 1.27. The topological polar surface area (TPSA) is 72.6 Å². The molecule has 0 atom stereocenters. The lowest BCUT2D eigenvalue weighted by atomic mass is 10.3. The molecule has 5 heteroatoms. The fourth-order valence-electron chi connectivity index (χ4n) is 0.719. The summed E-state index contributed by atoms with van der Waals surface area (Å²) in [5, 5.41) is 0. The molecule has 0 aromatic heterocycles. The lowest BCUT2D eigenvalue weighted by Gasteiger charge is -2.22. The number of nitrogens with two attached hydrogens (primary N) is 1. The third kappa shape index (κ3) is 3.23. The zero-order valence-electron chi connectivity index (χ0n) is 7.53. The SMILES string of the molecule is COC(=O)CN(C(N)=O)C(C)C. The minimum absolute atomic E-state index is 0.0938. The van der Waals surface area contributed by atoms with E-state index in [2.05, 4.69) is 4.74 Å². The third-order valence-corrected chi connectivity index (χ3v) is 1.43. The molecule has 70 valence electrons. The number of ether oxygens (including phenoxy) is 1. The summed E-state index contributed by atoms with van der Waals surface area (Å²) in [6, 6.07) is -0.711. The first kappa shape index (κ1) is 10.7. The smallest absolute Gasteiger partial charge is 0.325 e. The van der Waals surface area contributed by atoms with Gasteiger partial charge in [0.2, 0.25) is 0 Å². The van der Waals surface area contributed by atoms with Crippen LogP contribution < -0.4 is 5.73 Å². The van der Waals surface area contributed by atoms with Crippen LogP contribution in [-0.4, -0.2) is 36.6 Å². The molecule has 0 bridgehead atoms. The fourth-order valence-corrected chi connectivity index (χ4v) is 0.719. The van der Waals surface area contributed by atoms with Crippen molar-refractivity contribution in [1.82, 2.24) is 4.90 Å². The molecular formula is C7H14N2O3. The molecule has 2 amide bonds. The first-order valence-electron chi connectivity index (χ1n) is 3.62. The van der Waals surface area contributed by atoms with Crippen molar-refractivity contribution >= 4 is 12.0 Å². The molecule has 0 saturated carbocycles. The van der Waals surface area contributed by atoms with Crippen molar-refractivity contribution in [1.29, 1.82) is 0 Å². The Morgan fingerprint density at radius 3 is 2.25 bits per heavy atom. The van der Waals surface area contributed by atoms with Crippen LogP contribution in [0, 0.1) is 0 Å². The molecule has 0 aliphatic heterocycles. The fraction of sp³-hybridized carbons (Fsp3) is 0.714. The van der Waals surface area contributed by atoms with E-state index in [0.717, 1.165) is 0 Å². The number of esters is 1. The van der Waals surface area contributed by atoms with Gasteiger partial charge < -0.3 is 15.4 Å². The number of hydrogen-bond acceptors (Lipinski definition) is 3. The van der Waals surface area contributed by atoms with Gasteiger partial charge in [0.1, 0.15) is 6.54 Å². The van der Waals surface area contributed by atoms with Crippen molar-refractivity contribution in [3.05, 3.63) is 0 Å². The Balaban J connectivity index is 4.14. The molecule has 0 spiro atoms. The summed E-state index contributed by atoms with van der Waals surface area (Å²) >= 11 is 0. The number of nitrogens with zero attached hydrogens (tertiary/aromatic N) is 1. The van der Waals surface area contributed by atoms with Crippen LogP contribution in [0.4, 0.5) is 4.79 Å². The molecule has 0 aromatic rings. The van der Waals surface area contributed by atoms with Crippen LogP contribution in [0.1, 0.15) is 13.8 Å². The molecular weight excluding hydrogens is 160 g/mol. The molecule has 0 rings (SSSR count). The molecule has 0 unspecified atom stereocenters. The second-order valence-electron chi connectivity index (χ2n) is 2.64. The zero-order chi connectivity index (χ0) is 9.72. The highest BCUT2D eigenvalue weighted by atomic mass is 16.5. The van der Waals surface area contributed by atoms with Crippen LogP contribution in [0.2, 0.25) is 0 Å².